The highest BCUT2D eigenvalue weighted by atomic mass is 16.2. The molecule has 2 amide bonds. The van der Waals surface area contributed by atoms with Crippen molar-refractivity contribution in [2.24, 2.45) is 5.92 Å². The number of pyridine rings is 1. The van der Waals surface area contributed by atoms with Crippen molar-refractivity contribution in [3.63, 3.8) is 0 Å². The largest absolute Gasteiger partial charge is 0.352 e. The topological polar surface area (TPSA) is 80.2 Å². The van der Waals surface area contributed by atoms with Crippen molar-refractivity contribution >= 4 is 17.5 Å². The summed E-state index contributed by atoms with van der Waals surface area (Å²) in [5.41, 5.74) is 2.44. The minimum atomic E-state index is -0.388. The molecule has 0 unspecified atom stereocenters. The fourth-order valence-electron chi connectivity index (χ4n) is 3.17. The van der Waals surface area contributed by atoms with Crippen LogP contribution in [0.5, 0.6) is 0 Å². The zero-order chi connectivity index (χ0) is 22.4. The molecule has 6 nitrogen and oxygen atoms in total. The summed E-state index contributed by atoms with van der Waals surface area (Å²) in [6.07, 6.45) is 2.47. The third-order valence-electron chi connectivity index (χ3n) is 4.99. The van der Waals surface area contributed by atoms with Gasteiger partial charge in [0.2, 0.25) is 0 Å². The zero-order valence-electron chi connectivity index (χ0n) is 18.0. The fraction of sp³-hybridized carbons (Fsp3) is 0.240. The Morgan fingerprint density at radius 1 is 0.903 bits per heavy atom. The van der Waals surface area contributed by atoms with Gasteiger partial charge < -0.3 is 10.6 Å². The summed E-state index contributed by atoms with van der Waals surface area (Å²) < 4.78 is 1.42. The number of amides is 2. The molecule has 2 N–H and O–H groups in total. The van der Waals surface area contributed by atoms with Gasteiger partial charge >= 0.3 is 0 Å². The summed E-state index contributed by atoms with van der Waals surface area (Å²) in [4.78, 5) is 37.7. The number of nitrogens with zero attached hydrogens (tertiary/aromatic N) is 1. The molecule has 0 saturated heterocycles. The SMILES string of the molecule is Cc1ccccc1C(=O)Nc1ccc(-n2cccc(C(=O)NCCC(C)C)c2=O)cc1. The lowest BCUT2D eigenvalue weighted by Gasteiger charge is -2.11. The molecular weight excluding hydrogens is 390 g/mol. The van der Waals surface area contributed by atoms with Crippen LogP contribution >= 0.6 is 0 Å². The number of rotatable bonds is 7. The van der Waals surface area contributed by atoms with Crippen LogP contribution < -0.4 is 16.2 Å². The molecule has 0 radical (unpaired) electrons. The third-order valence-corrected chi connectivity index (χ3v) is 4.99. The van der Waals surface area contributed by atoms with Crippen LogP contribution in [0.15, 0.2) is 71.7 Å². The number of carbonyl (C=O) groups excluding carboxylic acids is 2. The maximum Gasteiger partial charge on any atom is 0.267 e. The molecule has 160 valence electrons. The van der Waals surface area contributed by atoms with E-state index in [-0.39, 0.29) is 22.9 Å². The van der Waals surface area contributed by atoms with Crippen molar-refractivity contribution in [2.45, 2.75) is 27.2 Å². The van der Waals surface area contributed by atoms with Crippen LogP contribution in [0.3, 0.4) is 0 Å². The number of hydrogen-bond donors (Lipinski definition) is 2. The van der Waals surface area contributed by atoms with Gasteiger partial charge in [-0.3, -0.25) is 19.0 Å². The number of aromatic nitrogens is 1. The first-order valence-corrected chi connectivity index (χ1v) is 10.3. The van der Waals surface area contributed by atoms with E-state index in [1.165, 1.54) is 10.6 Å². The van der Waals surface area contributed by atoms with Gasteiger partial charge in [-0.1, -0.05) is 32.0 Å². The molecule has 0 atom stereocenters. The lowest BCUT2D eigenvalue weighted by Crippen LogP contribution is -2.33. The lowest BCUT2D eigenvalue weighted by molar-refractivity contribution is 0.0949. The van der Waals surface area contributed by atoms with Crippen molar-refractivity contribution in [3.05, 3.63) is 93.9 Å². The predicted octanol–water partition coefficient (Wildman–Crippen LogP) is 4.17. The van der Waals surface area contributed by atoms with Crippen molar-refractivity contribution in [1.82, 2.24) is 9.88 Å². The molecule has 3 rings (SSSR count). The Bertz CT molecular complexity index is 1130. The van der Waals surface area contributed by atoms with E-state index in [0.717, 1.165) is 12.0 Å². The quantitative estimate of drug-likeness (QED) is 0.605. The van der Waals surface area contributed by atoms with Gasteiger partial charge in [0.25, 0.3) is 17.4 Å². The number of hydrogen-bond acceptors (Lipinski definition) is 3. The van der Waals surface area contributed by atoms with Crippen LogP contribution in [0.4, 0.5) is 5.69 Å². The van der Waals surface area contributed by atoms with E-state index in [1.54, 1.807) is 42.6 Å². The second kappa shape index (κ2) is 9.89. The van der Waals surface area contributed by atoms with Crippen molar-refractivity contribution < 1.29 is 9.59 Å². The van der Waals surface area contributed by atoms with Crippen molar-refractivity contribution in [1.29, 1.82) is 0 Å². The summed E-state index contributed by atoms with van der Waals surface area (Å²) in [7, 11) is 0. The van der Waals surface area contributed by atoms with Gasteiger partial charge in [-0.25, -0.2) is 0 Å². The molecule has 0 fully saturated rings. The second-order valence-corrected chi connectivity index (χ2v) is 7.85. The molecule has 0 aliphatic carbocycles. The predicted molar refractivity (Wildman–Crippen MR) is 123 cm³/mol. The molecule has 6 heteroatoms. The Labute approximate surface area is 181 Å². The first-order valence-electron chi connectivity index (χ1n) is 10.3. The van der Waals surface area contributed by atoms with Crippen molar-refractivity contribution in [3.8, 4) is 5.69 Å². The van der Waals surface area contributed by atoms with Gasteiger partial charge in [0.05, 0.1) is 0 Å². The Morgan fingerprint density at radius 2 is 1.58 bits per heavy atom. The van der Waals surface area contributed by atoms with Gasteiger partial charge in [-0.05, 0) is 67.3 Å². The van der Waals surface area contributed by atoms with E-state index < -0.39 is 0 Å². The van der Waals surface area contributed by atoms with E-state index in [0.29, 0.717) is 29.4 Å². The van der Waals surface area contributed by atoms with Gasteiger partial charge in [-0.15, -0.1) is 0 Å². The summed E-state index contributed by atoms with van der Waals surface area (Å²) in [6.45, 7) is 6.57. The smallest absolute Gasteiger partial charge is 0.267 e. The van der Waals surface area contributed by atoms with Crippen LogP contribution in [0.25, 0.3) is 5.69 Å². The minimum Gasteiger partial charge on any atom is -0.352 e. The van der Waals surface area contributed by atoms with E-state index in [9.17, 15) is 14.4 Å². The van der Waals surface area contributed by atoms with Gasteiger partial charge in [0.15, 0.2) is 0 Å². The van der Waals surface area contributed by atoms with Gasteiger partial charge in [0.1, 0.15) is 5.56 Å². The summed E-state index contributed by atoms with van der Waals surface area (Å²) in [5.74, 6) is -0.0947. The average molecular weight is 418 g/mol. The molecule has 0 aliphatic heterocycles. The normalized spacial score (nSPS) is 10.7. The Kier molecular flexibility index (Phi) is 7.03. The molecule has 3 aromatic rings. The first kappa shape index (κ1) is 22.0. The Balaban J connectivity index is 1.75. The monoisotopic (exact) mass is 417 g/mol. The maximum absolute atomic E-state index is 12.8. The lowest BCUT2D eigenvalue weighted by atomic mass is 10.1. The maximum atomic E-state index is 12.8. The highest BCUT2D eigenvalue weighted by Crippen LogP contribution is 2.15. The number of aryl methyl sites for hydroxylation is 1. The summed E-state index contributed by atoms with van der Waals surface area (Å²) in [6, 6.07) is 17.5. The van der Waals surface area contributed by atoms with E-state index in [2.05, 4.69) is 24.5 Å². The highest BCUT2D eigenvalue weighted by molar-refractivity contribution is 6.05. The standard InChI is InChI=1S/C25H27N3O3/c1-17(2)14-15-26-23(29)22-9-6-16-28(25(22)31)20-12-10-19(11-13-20)27-24(30)21-8-5-4-7-18(21)3/h4-13,16-17H,14-15H2,1-3H3,(H,26,29)(H,27,30). The van der Waals surface area contributed by atoms with Crippen molar-refractivity contribution in [2.75, 3.05) is 11.9 Å². The fourth-order valence-corrected chi connectivity index (χ4v) is 3.17. The molecule has 0 aliphatic rings. The molecule has 0 spiro atoms. The van der Waals surface area contributed by atoms with E-state index in [1.807, 2.05) is 25.1 Å². The number of nitrogens with one attached hydrogen (secondary N) is 2. The van der Waals surface area contributed by atoms with Crippen LogP contribution in [-0.4, -0.2) is 22.9 Å². The summed E-state index contributed by atoms with van der Waals surface area (Å²) in [5, 5.41) is 5.66. The first-order chi connectivity index (χ1) is 14.9. The Hall–Kier alpha value is -3.67. The zero-order valence-corrected chi connectivity index (χ0v) is 18.0. The molecule has 1 heterocycles. The van der Waals surface area contributed by atoms with Crippen LogP contribution in [0.2, 0.25) is 0 Å². The molecule has 1 aromatic heterocycles. The third kappa shape index (κ3) is 5.48. The van der Waals surface area contributed by atoms with E-state index >= 15 is 0 Å². The van der Waals surface area contributed by atoms with Crippen LogP contribution in [0, 0.1) is 12.8 Å². The second-order valence-electron chi connectivity index (χ2n) is 7.85. The van der Waals surface area contributed by atoms with Crippen LogP contribution in [-0.2, 0) is 0 Å². The number of carbonyl (C=O) groups is 2. The van der Waals surface area contributed by atoms with Gasteiger partial charge in [-0.2, -0.15) is 0 Å². The number of benzene rings is 2. The highest BCUT2D eigenvalue weighted by Gasteiger charge is 2.13. The summed E-state index contributed by atoms with van der Waals surface area (Å²) >= 11 is 0. The van der Waals surface area contributed by atoms with Gasteiger partial charge in [0, 0.05) is 29.7 Å². The molecule has 31 heavy (non-hydrogen) atoms. The van der Waals surface area contributed by atoms with Crippen LogP contribution in [0.1, 0.15) is 46.5 Å². The molecule has 0 bridgehead atoms. The number of anilines is 1. The molecule has 2 aromatic carbocycles. The molecule has 0 saturated carbocycles. The average Bonchev–Trinajstić information content (AvgIpc) is 2.74. The Morgan fingerprint density at radius 3 is 2.26 bits per heavy atom. The van der Waals surface area contributed by atoms with E-state index in [4.69, 9.17) is 0 Å². The molecular formula is C25H27N3O3. The minimum absolute atomic E-state index is 0.100.